The van der Waals surface area contributed by atoms with Crippen molar-refractivity contribution in [2.45, 2.75) is 66.4 Å². The maximum absolute atomic E-state index is 13.2. The van der Waals surface area contributed by atoms with E-state index in [1.165, 1.54) is 0 Å². The molecule has 1 N–H and O–H groups in total. The first kappa shape index (κ1) is 25.1. The molecular formula is C29H32ClNO4. The highest BCUT2D eigenvalue weighted by Gasteiger charge is 2.40. The van der Waals surface area contributed by atoms with Gasteiger partial charge in [0.25, 0.3) is 0 Å². The number of ether oxygens (including phenoxy) is 2. The Morgan fingerprint density at radius 3 is 2.60 bits per heavy atom. The zero-order valence-electron chi connectivity index (χ0n) is 21.0. The van der Waals surface area contributed by atoms with Gasteiger partial charge in [-0.15, -0.1) is 0 Å². The Morgan fingerprint density at radius 1 is 1.11 bits per heavy atom. The highest BCUT2D eigenvalue weighted by Crippen LogP contribution is 2.44. The van der Waals surface area contributed by atoms with Gasteiger partial charge in [-0.3, -0.25) is 4.79 Å². The molecule has 4 rings (SSSR count). The van der Waals surface area contributed by atoms with Crippen molar-refractivity contribution in [3.63, 3.8) is 0 Å². The molecule has 1 aliphatic carbocycles. The molecule has 0 amide bonds. The van der Waals surface area contributed by atoms with Crippen molar-refractivity contribution in [2.75, 3.05) is 6.61 Å². The van der Waals surface area contributed by atoms with Crippen molar-refractivity contribution in [3.05, 3.63) is 85.7 Å². The van der Waals surface area contributed by atoms with Crippen LogP contribution in [0.2, 0.25) is 5.02 Å². The van der Waals surface area contributed by atoms with E-state index in [0.717, 1.165) is 57.8 Å². The Balaban J connectivity index is 1.80. The maximum atomic E-state index is 13.2. The second-order valence-electron chi connectivity index (χ2n) is 9.32. The normalized spacial score (nSPS) is 17.8. The quantitative estimate of drug-likeness (QED) is 0.473. The van der Waals surface area contributed by atoms with Crippen LogP contribution < -0.4 is 10.1 Å². The van der Waals surface area contributed by atoms with Crippen LogP contribution in [-0.2, 0) is 20.9 Å². The van der Waals surface area contributed by atoms with Crippen LogP contribution in [0.5, 0.6) is 5.75 Å². The molecule has 5 nitrogen and oxygen atoms in total. The summed E-state index contributed by atoms with van der Waals surface area (Å²) < 4.78 is 11.6. The van der Waals surface area contributed by atoms with Gasteiger partial charge in [0.05, 0.1) is 12.2 Å². The summed E-state index contributed by atoms with van der Waals surface area (Å²) in [5.74, 6) is 0.0135. The summed E-state index contributed by atoms with van der Waals surface area (Å²) in [4.78, 5) is 26.3. The van der Waals surface area contributed by atoms with E-state index in [1.54, 1.807) is 6.92 Å². The van der Waals surface area contributed by atoms with Crippen molar-refractivity contribution in [2.24, 2.45) is 0 Å². The van der Waals surface area contributed by atoms with Crippen LogP contribution in [0.25, 0.3) is 0 Å². The van der Waals surface area contributed by atoms with E-state index < -0.39 is 5.92 Å². The molecule has 0 saturated heterocycles. The number of nitrogens with one attached hydrogen (secondary N) is 1. The number of aryl methyl sites for hydroxylation is 2. The van der Waals surface area contributed by atoms with Crippen LogP contribution in [0.3, 0.4) is 0 Å². The number of benzene rings is 2. The van der Waals surface area contributed by atoms with Crippen molar-refractivity contribution in [1.82, 2.24) is 5.32 Å². The van der Waals surface area contributed by atoms with Gasteiger partial charge in [0.15, 0.2) is 5.78 Å². The molecule has 0 spiro atoms. The predicted molar refractivity (Wildman–Crippen MR) is 138 cm³/mol. The molecule has 0 bridgehead atoms. The Kier molecular flexibility index (Phi) is 7.36. The lowest BCUT2D eigenvalue weighted by Gasteiger charge is -2.35. The molecule has 2 aromatic rings. The fourth-order valence-electron chi connectivity index (χ4n) is 5.12. The molecule has 1 aliphatic heterocycles. The predicted octanol–water partition coefficient (Wildman–Crippen LogP) is 6.38. The third-order valence-corrected chi connectivity index (χ3v) is 7.04. The van der Waals surface area contributed by atoms with Crippen LogP contribution in [0.4, 0.5) is 0 Å². The van der Waals surface area contributed by atoms with Crippen molar-refractivity contribution < 1.29 is 19.1 Å². The fraction of sp³-hybridized carbons (Fsp3) is 0.379. The molecule has 2 aliphatic rings. The summed E-state index contributed by atoms with van der Waals surface area (Å²) in [7, 11) is 0. The van der Waals surface area contributed by atoms with Gasteiger partial charge in [0.2, 0.25) is 0 Å². The van der Waals surface area contributed by atoms with Crippen LogP contribution in [0, 0.1) is 20.8 Å². The number of carbonyl (C=O) groups excluding carboxylic acids is 2. The highest BCUT2D eigenvalue weighted by atomic mass is 35.5. The van der Waals surface area contributed by atoms with E-state index in [-0.39, 0.29) is 18.4 Å². The zero-order chi connectivity index (χ0) is 25.3. The lowest BCUT2D eigenvalue weighted by molar-refractivity contribution is -0.138. The van der Waals surface area contributed by atoms with Gasteiger partial charge in [0, 0.05) is 34.3 Å². The number of carbonyl (C=O) groups is 2. The summed E-state index contributed by atoms with van der Waals surface area (Å²) in [6.07, 6.45) is 2.09. The number of hydrogen-bond acceptors (Lipinski definition) is 5. The summed E-state index contributed by atoms with van der Waals surface area (Å²) >= 11 is 6.09. The van der Waals surface area contributed by atoms with E-state index in [0.29, 0.717) is 29.2 Å². The van der Waals surface area contributed by atoms with Crippen LogP contribution in [0.15, 0.2) is 52.9 Å². The molecule has 0 fully saturated rings. The average Bonchev–Trinajstić information content (AvgIpc) is 2.79. The first-order chi connectivity index (χ1) is 16.7. The van der Waals surface area contributed by atoms with Gasteiger partial charge in [0.1, 0.15) is 12.4 Å². The Morgan fingerprint density at radius 2 is 1.89 bits per heavy atom. The van der Waals surface area contributed by atoms with Gasteiger partial charge in [-0.05, 0) is 87.9 Å². The van der Waals surface area contributed by atoms with Crippen molar-refractivity contribution in [1.29, 1.82) is 0 Å². The molecule has 0 saturated carbocycles. The summed E-state index contributed by atoms with van der Waals surface area (Å²) in [5.41, 5.74) is 7.85. The number of halogens is 1. The SMILES string of the molecule is CCOC(=O)C1=C(C)NC2=C(C(=O)CCC2)C1c1cc(C)cc(COc2ccc(Cl)cc2C)c1C. The lowest BCUT2D eigenvalue weighted by Crippen LogP contribution is -2.34. The molecule has 1 heterocycles. The molecule has 0 aromatic heterocycles. The topological polar surface area (TPSA) is 64.6 Å². The van der Waals surface area contributed by atoms with E-state index in [9.17, 15) is 9.59 Å². The Bertz CT molecular complexity index is 1260. The van der Waals surface area contributed by atoms with Gasteiger partial charge in [-0.2, -0.15) is 0 Å². The Hall–Kier alpha value is -3.05. The number of allylic oxidation sites excluding steroid dienone is 3. The van der Waals surface area contributed by atoms with Gasteiger partial charge >= 0.3 is 5.97 Å². The smallest absolute Gasteiger partial charge is 0.336 e. The molecular weight excluding hydrogens is 462 g/mol. The zero-order valence-corrected chi connectivity index (χ0v) is 21.8. The largest absolute Gasteiger partial charge is 0.489 e. The number of ketones is 1. The van der Waals surface area contributed by atoms with Crippen LogP contribution in [0.1, 0.15) is 66.8 Å². The van der Waals surface area contributed by atoms with Gasteiger partial charge < -0.3 is 14.8 Å². The standard InChI is InChI=1S/C29H32ClNO4/c1-6-34-29(33)26-19(5)31-23-8-7-9-24(32)28(23)27(26)22-13-16(2)12-20(18(22)4)15-35-25-11-10-21(30)14-17(25)3/h10-14,27,31H,6-9,15H2,1-5H3. The number of dihydropyridines is 1. The number of esters is 1. The van der Waals surface area contributed by atoms with Crippen molar-refractivity contribution >= 4 is 23.4 Å². The molecule has 35 heavy (non-hydrogen) atoms. The van der Waals surface area contributed by atoms with E-state index >= 15 is 0 Å². The van der Waals surface area contributed by atoms with Crippen LogP contribution >= 0.6 is 11.6 Å². The number of rotatable bonds is 6. The molecule has 184 valence electrons. The first-order valence-corrected chi connectivity index (χ1v) is 12.5. The molecule has 0 radical (unpaired) electrons. The molecule has 1 atom stereocenters. The summed E-state index contributed by atoms with van der Waals surface area (Å²) in [5, 5.41) is 4.02. The maximum Gasteiger partial charge on any atom is 0.336 e. The van der Waals surface area contributed by atoms with Crippen molar-refractivity contribution in [3.8, 4) is 5.75 Å². The molecule has 1 unspecified atom stereocenters. The van der Waals surface area contributed by atoms with Gasteiger partial charge in [-0.1, -0.05) is 29.3 Å². The second kappa shape index (κ2) is 10.3. The van der Waals surface area contributed by atoms with E-state index in [1.807, 2.05) is 45.9 Å². The lowest BCUT2D eigenvalue weighted by atomic mass is 9.73. The number of hydrogen-bond donors (Lipinski definition) is 1. The molecule has 2 aromatic carbocycles. The summed E-state index contributed by atoms with van der Waals surface area (Å²) in [6, 6.07) is 9.75. The summed E-state index contributed by atoms with van der Waals surface area (Å²) in [6.45, 7) is 10.4. The van der Waals surface area contributed by atoms with E-state index in [2.05, 4.69) is 17.4 Å². The average molecular weight is 494 g/mol. The van der Waals surface area contributed by atoms with Crippen LogP contribution in [-0.4, -0.2) is 18.4 Å². The minimum atomic E-state index is -0.464. The third kappa shape index (κ3) is 5.01. The highest BCUT2D eigenvalue weighted by molar-refractivity contribution is 6.30. The van der Waals surface area contributed by atoms with Gasteiger partial charge in [-0.25, -0.2) is 4.79 Å². The third-order valence-electron chi connectivity index (χ3n) is 6.80. The second-order valence-corrected chi connectivity index (χ2v) is 9.76. The number of Topliss-reactive ketones (excluding diaryl/α,β-unsaturated/α-hetero) is 1. The fourth-order valence-corrected chi connectivity index (χ4v) is 5.34. The first-order valence-electron chi connectivity index (χ1n) is 12.1. The minimum Gasteiger partial charge on any atom is -0.489 e. The Labute approximate surface area is 212 Å². The molecule has 6 heteroatoms. The minimum absolute atomic E-state index is 0.0912. The monoisotopic (exact) mass is 493 g/mol. The van der Waals surface area contributed by atoms with E-state index in [4.69, 9.17) is 21.1 Å².